The van der Waals surface area contributed by atoms with E-state index in [9.17, 15) is 0 Å². The summed E-state index contributed by atoms with van der Waals surface area (Å²) in [6.07, 6.45) is 0. The molecule has 142 valence electrons. The van der Waals surface area contributed by atoms with Crippen LogP contribution in [0.3, 0.4) is 0 Å². The predicted molar refractivity (Wildman–Crippen MR) is 110 cm³/mol. The Bertz CT molecular complexity index is 904. The second kappa shape index (κ2) is 9.18. The Kier molecular flexibility index (Phi) is 6.67. The van der Waals surface area contributed by atoms with Crippen LogP contribution in [0, 0.1) is 13.8 Å². The summed E-state index contributed by atoms with van der Waals surface area (Å²) in [5.74, 6) is 0. The van der Waals surface area contributed by atoms with Crippen molar-refractivity contribution in [3.05, 3.63) is 87.2 Å². The van der Waals surface area contributed by atoms with Crippen molar-refractivity contribution in [2.24, 2.45) is 0 Å². The van der Waals surface area contributed by atoms with Gasteiger partial charge in [-0.25, -0.2) is 0 Å². The standard InChI is InChI=1S/C22H26ClN3O/c1-16-21(13-24-12-18-7-6-8-19(11-18)15-27-3)17(2)26(25-16)14-20-9-4-5-10-22(20)23/h4-11,24H,12-15H2,1-3H3. The lowest BCUT2D eigenvalue weighted by Crippen LogP contribution is -2.14. The Hall–Kier alpha value is -2.14. The van der Waals surface area contributed by atoms with Crippen molar-refractivity contribution in [1.82, 2.24) is 15.1 Å². The highest BCUT2D eigenvalue weighted by Gasteiger charge is 2.12. The maximum atomic E-state index is 6.30. The first kappa shape index (κ1) is 19.6. The van der Waals surface area contributed by atoms with Crippen LogP contribution in [-0.4, -0.2) is 16.9 Å². The van der Waals surface area contributed by atoms with Gasteiger partial charge in [0.15, 0.2) is 0 Å². The molecule has 0 aliphatic carbocycles. The third kappa shape index (κ3) is 4.98. The molecule has 0 unspecified atom stereocenters. The van der Waals surface area contributed by atoms with E-state index in [-0.39, 0.29) is 0 Å². The van der Waals surface area contributed by atoms with Crippen LogP contribution in [0.15, 0.2) is 48.5 Å². The molecule has 27 heavy (non-hydrogen) atoms. The molecule has 0 atom stereocenters. The van der Waals surface area contributed by atoms with Gasteiger partial charge in [0, 0.05) is 36.5 Å². The van der Waals surface area contributed by atoms with Gasteiger partial charge in [-0.3, -0.25) is 4.68 Å². The molecule has 1 N–H and O–H groups in total. The van der Waals surface area contributed by atoms with Gasteiger partial charge in [0.05, 0.1) is 18.8 Å². The van der Waals surface area contributed by atoms with Crippen LogP contribution in [0.5, 0.6) is 0 Å². The molecule has 0 aliphatic heterocycles. The van der Waals surface area contributed by atoms with E-state index in [1.54, 1.807) is 7.11 Å². The van der Waals surface area contributed by atoms with Crippen molar-refractivity contribution >= 4 is 11.6 Å². The normalized spacial score (nSPS) is 11.1. The molecule has 1 aromatic heterocycles. The molecule has 0 bridgehead atoms. The van der Waals surface area contributed by atoms with Gasteiger partial charge in [0.1, 0.15) is 0 Å². The van der Waals surface area contributed by atoms with E-state index in [1.165, 1.54) is 22.4 Å². The fourth-order valence-corrected chi connectivity index (χ4v) is 3.46. The van der Waals surface area contributed by atoms with Crippen LogP contribution in [-0.2, 0) is 31.0 Å². The maximum Gasteiger partial charge on any atom is 0.0713 e. The smallest absolute Gasteiger partial charge is 0.0713 e. The minimum absolute atomic E-state index is 0.640. The largest absolute Gasteiger partial charge is 0.380 e. The van der Waals surface area contributed by atoms with Gasteiger partial charge >= 0.3 is 0 Å². The third-order valence-electron chi connectivity index (χ3n) is 4.74. The molecule has 0 radical (unpaired) electrons. The lowest BCUT2D eigenvalue weighted by molar-refractivity contribution is 0.185. The first-order valence-corrected chi connectivity index (χ1v) is 9.50. The Morgan fingerprint density at radius 3 is 2.59 bits per heavy atom. The number of aryl methyl sites for hydroxylation is 1. The zero-order valence-corrected chi connectivity index (χ0v) is 16.9. The molecule has 1 heterocycles. The zero-order chi connectivity index (χ0) is 19.2. The highest BCUT2D eigenvalue weighted by Crippen LogP contribution is 2.19. The molecule has 0 fully saturated rings. The van der Waals surface area contributed by atoms with Gasteiger partial charge in [-0.15, -0.1) is 0 Å². The average Bonchev–Trinajstić information content (AvgIpc) is 2.92. The number of hydrogen-bond acceptors (Lipinski definition) is 3. The molecule has 0 spiro atoms. The lowest BCUT2D eigenvalue weighted by atomic mass is 10.1. The summed E-state index contributed by atoms with van der Waals surface area (Å²) >= 11 is 6.30. The minimum Gasteiger partial charge on any atom is -0.380 e. The van der Waals surface area contributed by atoms with E-state index < -0.39 is 0 Å². The number of hydrogen-bond donors (Lipinski definition) is 1. The number of ether oxygens (including phenoxy) is 1. The summed E-state index contributed by atoms with van der Waals surface area (Å²) in [5, 5.41) is 9.03. The number of rotatable bonds is 8. The van der Waals surface area contributed by atoms with Crippen LogP contribution in [0.25, 0.3) is 0 Å². The molecule has 3 aromatic rings. The van der Waals surface area contributed by atoms with E-state index in [2.05, 4.69) is 43.4 Å². The lowest BCUT2D eigenvalue weighted by Gasteiger charge is -2.09. The number of nitrogens with one attached hydrogen (secondary N) is 1. The van der Waals surface area contributed by atoms with Crippen LogP contribution < -0.4 is 5.32 Å². The quantitative estimate of drug-likeness (QED) is 0.616. The van der Waals surface area contributed by atoms with Crippen molar-refractivity contribution in [2.75, 3.05) is 7.11 Å². The second-order valence-electron chi connectivity index (χ2n) is 6.75. The topological polar surface area (TPSA) is 39.1 Å². The van der Waals surface area contributed by atoms with Gasteiger partial charge in [0.2, 0.25) is 0 Å². The SMILES string of the molecule is COCc1cccc(CNCc2c(C)nn(Cc3ccccc3Cl)c2C)c1. The van der Waals surface area contributed by atoms with E-state index in [4.69, 9.17) is 21.4 Å². The Labute approximate surface area is 166 Å². The van der Waals surface area contributed by atoms with Crippen LogP contribution >= 0.6 is 11.6 Å². The Balaban J connectivity index is 1.65. The van der Waals surface area contributed by atoms with Gasteiger partial charge in [-0.05, 0) is 36.6 Å². The van der Waals surface area contributed by atoms with E-state index in [0.29, 0.717) is 13.2 Å². The number of methoxy groups -OCH3 is 1. The van der Waals surface area contributed by atoms with E-state index in [1.807, 2.05) is 28.9 Å². The highest BCUT2D eigenvalue weighted by atomic mass is 35.5. The summed E-state index contributed by atoms with van der Waals surface area (Å²) in [5.41, 5.74) is 7.00. The van der Waals surface area contributed by atoms with Crippen LogP contribution in [0.4, 0.5) is 0 Å². The van der Waals surface area contributed by atoms with Crippen molar-refractivity contribution < 1.29 is 4.74 Å². The Morgan fingerprint density at radius 1 is 1.04 bits per heavy atom. The summed E-state index contributed by atoms with van der Waals surface area (Å²) in [6, 6.07) is 16.4. The minimum atomic E-state index is 0.640. The zero-order valence-electron chi connectivity index (χ0n) is 16.1. The maximum absolute atomic E-state index is 6.30. The molecule has 0 saturated heterocycles. The summed E-state index contributed by atoms with van der Waals surface area (Å²) < 4.78 is 7.24. The monoisotopic (exact) mass is 383 g/mol. The van der Waals surface area contributed by atoms with Crippen LogP contribution in [0.2, 0.25) is 5.02 Å². The average molecular weight is 384 g/mol. The predicted octanol–water partition coefficient (Wildman–Crippen LogP) is 4.64. The molecule has 4 nitrogen and oxygen atoms in total. The number of halogens is 1. The fourth-order valence-electron chi connectivity index (χ4n) is 3.26. The molecule has 2 aromatic carbocycles. The van der Waals surface area contributed by atoms with Gasteiger partial charge in [-0.1, -0.05) is 54.1 Å². The third-order valence-corrected chi connectivity index (χ3v) is 5.11. The molecular formula is C22H26ClN3O. The Morgan fingerprint density at radius 2 is 1.81 bits per heavy atom. The van der Waals surface area contributed by atoms with Crippen LogP contribution in [0.1, 0.15) is 33.6 Å². The van der Waals surface area contributed by atoms with E-state index in [0.717, 1.165) is 29.4 Å². The van der Waals surface area contributed by atoms with Crippen molar-refractivity contribution in [3.63, 3.8) is 0 Å². The van der Waals surface area contributed by atoms with Crippen molar-refractivity contribution in [2.45, 2.75) is 40.1 Å². The van der Waals surface area contributed by atoms with Crippen molar-refractivity contribution in [1.29, 1.82) is 0 Å². The molecule has 0 saturated carbocycles. The summed E-state index contributed by atoms with van der Waals surface area (Å²) in [7, 11) is 1.72. The summed E-state index contributed by atoms with van der Waals surface area (Å²) in [6.45, 7) is 7.10. The second-order valence-corrected chi connectivity index (χ2v) is 7.16. The molecule has 0 aliphatic rings. The fraction of sp³-hybridized carbons (Fsp3) is 0.318. The van der Waals surface area contributed by atoms with Gasteiger partial charge in [0.25, 0.3) is 0 Å². The first-order valence-electron chi connectivity index (χ1n) is 9.12. The summed E-state index contributed by atoms with van der Waals surface area (Å²) in [4.78, 5) is 0. The number of benzene rings is 2. The number of nitrogens with zero attached hydrogens (tertiary/aromatic N) is 2. The first-order chi connectivity index (χ1) is 13.1. The number of aromatic nitrogens is 2. The molecule has 0 amide bonds. The molecule has 3 rings (SSSR count). The van der Waals surface area contributed by atoms with Gasteiger partial charge in [-0.2, -0.15) is 5.10 Å². The van der Waals surface area contributed by atoms with Gasteiger partial charge < -0.3 is 10.1 Å². The van der Waals surface area contributed by atoms with Crippen molar-refractivity contribution in [3.8, 4) is 0 Å². The molecule has 5 heteroatoms. The highest BCUT2D eigenvalue weighted by molar-refractivity contribution is 6.31. The van der Waals surface area contributed by atoms with E-state index >= 15 is 0 Å². The molecular weight excluding hydrogens is 358 g/mol.